The van der Waals surface area contributed by atoms with Gasteiger partial charge in [0.05, 0.1) is 17.5 Å². The molecule has 2 atom stereocenters. The third kappa shape index (κ3) is 9.63. The second-order valence-corrected chi connectivity index (χ2v) is 10.1. The van der Waals surface area contributed by atoms with E-state index in [1.165, 1.54) is 5.56 Å². The fourth-order valence-electron chi connectivity index (χ4n) is 4.63. The second-order valence-electron chi connectivity index (χ2n) is 10.1. The van der Waals surface area contributed by atoms with Crippen molar-refractivity contribution in [1.29, 1.82) is 0 Å². The molecule has 1 aliphatic heterocycles. The molecule has 5 rings (SSSR count). The number of amides is 2. The van der Waals surface area contributed by atoms with Gasteiger partial charge in [-0.05, 0) is 48.9 Å². The Kier molecular flexibility index (Phi) is 11.5. The molecule has 1 aliphatic rings. The summed E-state index contributed by atoms with van der Waals surface area (Å²) < 4.78 is 65.6. The highest BCUT2D eigenvalue weighted by molar-refractivity contribution is 5.98. The van der Waals surface area contributed by atoms with E-state index in [1.54, 1.807) is 11.5 Å². The van der Waals surface area contributed by atoms with Crippen molar-refractivity contribution >= 4 is 45.6 Å². The molecule has 0 saturated carbocycles. The van der Waals surface area contributed by atoms with Crippen LogP contribution in [0.4, 0.5) is 26.3 Å². The van der Waals surface area contributed by atoms with E-state index in [2.05, 4.69) is 32.3 Å². The van der Waals surface area contributed by atoms with Gasteiger partial charge in [0.1, 0.15) is 0 Å². The number of hydrogen-bond acceptors (Lipinski definition) is 7. The first-order valence-electron chi connectivity index (χ1n) is 13.4. The lowest BCUT2D eigenvalue weighted by Crippen LogP contribution is -2.45. The Labute approximate surface area is 261 Å². The lowest BCUT2D eigenvalue weighted by molar-refractivity contribution is -0.193. The van der Waals surface area contributed by atoms with Crippen molar-refractivity contribution in [3.05, 3.63) is 77.6 Å². The molecule has 12 nitrogen and oxygen atoms in total. The van der Waals surface area contributed by atoms with Gasteiger partial charge in [0.25, 0.3) is 5.91 Å². The number of nitrogens with one attached hydrogen (secondary N) is 3. The van der Waals surface area contributed by atoms with E-state index in [-0.39, 0.29) is 11.9 Å². The SMILES string of the molecule is Cc1cc(Cn2ccc3cc(C(=O)NC4CNCC4C(=O)NO)ccc32)c2ccccc2n1.O=C(O)C(F)(F)F.O=C(O)C(F)(F)F. The summed E-state index contributed by atoms with van der Waals surface area (Å²) in [5, 5.41) is 31.2. The number of benzene rings is 2. The van der Waals surface area contributed by atoms with Crippen LogP contribution in [0.15, 0.2) is 60.8 Å². The standard InChI is InChI=1S/C25H25N5O3.2C2HF3O2/c1-15-10-18(19-4-2-3-5-21(19)27-15)14-30-9-8-16-11-17(6-7-23(16)30)24(31)28-22-13-26-12-20(22)25(32)29-33;2*3-2(4,5)1(6)7/h2-11,20,22,26,33H,12-14H2,1H3,(H,28,31)(H,29,32);2*(H,6,7). The zero-order valence-electron chi connectivity index (χ0n) is 24.2. The molecular weight excluding hydrogens is 644 g/mol. The molecule has 6 N–H and O–H groups in total. The van der Waals surface area contributed by atoms with Crippen LogP contribution < -0.4 is 16.1 Å². The Hall–Kier alpha value is -5.23. The van der Waals surface area contributed by atoms with Crippen LogP contribution in [-0.2, 0) is 20.9 Å². The molecule has 0 aliphatic carbocycles. The highest BCUT2D eigenvalue weighted by atomic mass is 19.4. The van der Waals surface area contributed by atoms with Crippen molar-refractivity contribution in [2.45, 2.75) is 31.9 Å². The number of alkyl halides is 6. The van der Waals surface area contributed by atoms with Crippen molar-refractivity contribution in [2.75, 3.05) is 13.1 Å². The number of carboxylic acids is 2. The van der Waals surface area contributed by atoms with Gasteiger partial charge in [-0.3, -0.25) is 19.8 Å². The molecule has 3 heterocycles. The van der Waals surface area contributed by atoms with Crippen LogP contribution in [0.5, 0.6) is 0 Å². The Morgan fingerprint density at radius 3 is 2.15 bits per heavy atom. The van der Waals surface area contributed by atoms with Crippen LogP contribution >= 0.6 is 0 Å². The van der Waals surface area contributed by atoms with Gasteiger partial charge < -0.3 is 25.4 Å². The minimum Gasteiger partial charge on any atom is -0.475 e. The zero-order valence-corrected chi connectivity index (χ0v) is 24.2. The van der Waals surface area contributed by atoms with Crippen molar-refractivity contribution in [1.82, 2.24) is 25.7 Å². The maximum Gasteiger partial charge on any atom is 0.490 e. The molecule has 0 bridgehead atoms. The number of aliphatic carboxylic acids is 2. The second kappa shape index (κ2) is 14.9. The highest BCUT2D eigenvalue weighted by Gasteiger charge is 2.39. The van der Waals surface area contributed by atoms with Crippen LogP contribution in [0, 0.1) is 12.8 Å². The first-order chi connectivity index (χ1) is 21.9. The molecule has 1 fully saturated rings. The summed E-state index contributed by atoms with van der Waals surface area (Å²) in [6.45, 7) is 3.58. The summed E-state index contributed by atoms with van der Waals surface area (Å²) in [6, 6.07) is 17.5. The van der Waals surface area contributed by atoms with Gasteiger partial charge in [0.2, 0.25) is 5.91 Å². The summed E-state index contributed by atoms with van der Waals surface area (Å²) in [6.07, 6.45) is -8.14. The summed E-state index contributed by atoms with van der Waals surface area (Å²) in [5.41, 5.74) is 6.39. The average molecular weight is 672 g/mol. The molecule has 2 unspecified atom stereocenters. The smallest absolute Gasteiger partial charge is 0.475 e. The fourth-order valence-corrected chi connectivity index (χ4v) is 4.63. The van der Waals surface area contributed by atoms with E-state index in [4.69, 9.17) is 25.0 Å². The van der Waals surface area contributed by atoms with Gasteiger partial charge in [-0.1, -0.05) is 18.2 Å². The minimum absolute atomic E-state index is 0.246. The average Bonchev–Trinajstić information content (AvgIpc) is 3.63. The zero-order chi connectivity index (χ0) is 35.1. The van der Waals surface area contributed by atoms with Crippen molar-refractivity contribution < 1.29 is 60.9 Å². The number of rotatable bonds is 5. The van der Waals surface area contributed by atoms with Gasteiger partial charge in [0, 0.05) is 53.4 Å². The largest absolute Gasteiger partial charge is 0.490 e. The van der Waals surface area contributed by atoms with Gasteiger partial charge in [-0.2, -0.15) is 26.3 Å². The van der Waals surface area contributed by atoms with Crippen LogP contribution in [0.25, 0.3) is 21.8 Å². The van der Waals surface area contributed by atoms with Gasteiger partial charge in [-0.25, -0.2) is 15.1 Å². The molecular formula is C29H27F6N5O7. The summed E-state index contributed by atoms with van der Waals surface area (Å²) in [4.78, 5) is 47.1. The number of hydrogen-bond donors (Lipinski definition) is 6. The van der Waals surface area contributed by atoms with E-state index in [1.807, 2.05) is 49.5 Å². The van der Waals surface area contributed by atoms with Gasteiger partial charge in [0.15, 0.2) is 0 Å². The monoisotopic (exact) mass is 671 g/mol. The number of hydroxylamine groups is 1. The number of carbonyl (C=O) groups excluding carboxylic acids is 2. The van der Waals surface area contributed by atoms with Gasteiger partial charge >= 0.3 is 24.3 Å². The molecule has 2 aromatic heterocycles. The minimum atomic E-state index is -5.08. The summed E-state index contributed by atoms with van der Waals surface area (Å²) >= 11 is 0. The number of halogens is 6. The van der Waals surface area contributed by atoms with E-state index < -0.39 is 36.1 Å². The van der Waals surface area contributed by atoms with E-state index in [0.29, 0.717) is 25.2 Å². The Morgan fingerprint density at radius 1 is 0.936 bits per heavy atom. The highest BCUT2D eigenvalue weighted by Crippen LogP contribution is 2.24. The molecule has 4 aromatic rings. The quantitative estimate of drug-likeness (QED) is 0.105. The molecule has 47 heavy (non-hydrogen) atoms. The fraction of sp³-hybridized carbons (Fsp3) is 0.276. The van der Waals surface area contributed by atoms with Crippen molar-refractivity contribution in [2.24, 2.45) is 5.92 Å². The van der Waals surface area contributed by atoms with Crippen LogP contribution in [0.2, 0.25) is 0 Å². The normalized spacial score (nSPS) is 16.0. The third-order valence-corrected chi connectivity index (χ3v) is 6.77. The molecule has 18 heteroatoms. The summed E-state index contributed by atoms with van der Waals surface area (Å²) in [7, 11) is 0. The summed E-state index contributed by atoms with van der Waals surface area (Å²) in [5.74, 6) is -6.77. The predicted octanol–water partition coefficient (Wildman–Crippen LogP) is 3.64. The maximum absolute atomic E-state index is 12.8. The lowest BCUT2D eigenvalue weighted by Gasteiger charge is -2.18. The number of aromatic nitrogens is 2. The number of carboxylic acid groups (broad SMARTS) is 2. The molecule has 0 radical (unpaired) electrons. The van der Waals surface area contributed by atoms with Crippen LogP contribution in [0.1, 0.15) is 21.6 Å². The lowest BCUT2D eigenvalue weighted by atomic mass is 10.0. The number of pyridine rings is 1. The van der Waals surface area contributed by atoms with Crippen molar-refractivity contribution in [3.8, 4) is 0 Å². The Morgan fingerprint density at radius 2 is 1.55 bits per heavy atom. The number of para-hydroxylation sites is 1. The molecule has 2 amide bonds. The topological polar surface area (TPSA) is 183 Å². The third-order valence-electron chi connectivity index (χ3n) is 6.77. The molecule has 252 valence electrons. The number of aryl methyl sites for hydroxylation is 1. The first kappa shape index (κ1) is 36.2. The Balaban J connectivity index is 0.000000360. The first-order valence-corrected chi connectivity index (χ1v) is 13.4. The molecule has 0 spiro atoms. The number of nitrogens with zero attached hydrogens (tertiary/aromatic N) is 2. The maximum atomic E-state index is 12.8. The molecule has 1 saturated heterocycles. The Bertz CT molecular complexity index is 1750. The number of carbonyl (C=O) groups is 4. The van der Waals surface area contributed by atoms with Crippen molar-refractivity contribution in [3.63, 3.8) is 0 Å². The predicted molar refractivity (Wildman–Crippen MR) is 152 cm³/mol. The van der Waals surface area contributed by atoms with Gasteiger partial charge in [-0.15, -0.1) is 0 Å². The van der Waals surface area contributed by atoms with E-state index in [0.717, 1.165) is 27.5 Å². The molecule has 2 aromatic carbocycles. The van der Waals surface area contributed by atoms with E-state index >= 15 is 0 Å². The van der Waals surface area contributed by atoms with Crippen LogP contribution in [0.3, 0.4) is 0 Å². The van der Waals surface area contributed by atoms with Crippen LogP contribution in [-0.4, -0.2) is 80.2 Å². The van der Waals surface area contributed by atoms with E-state index in [9.17, 15) is 35.9 Å². The number of fused-ring (bicyclic) bond motifs is 2.